The number of rotatable bonds is 15. The third-order valence-corrected chi connectivity index (χ3v) is 4.75. The van der Waals surface area contributed by atoms with Crippen LogP contribution in [-0.2, 0) is 28.8 Å². The maximum absolute atomic E-state index is 11.9. The van der Waals surface area contributed by atoms with Gasteiger partial charge in [0, 0.05) is 21.2 Å². The first-order valence-corrected chi connectivity index (χ1v) is 8.86. The van der Waals surface area contributed by atoms with Crippen LogP contribution in [0.4, 0.5) is 0 Å². The van der Waals surface area contributed by atoms with Gasteiger partial charge >= 0.3 is 0 Å². The quantitative estimate of drug-likeness (QED) is 0.369. The Morgan fingerprint density at radius 2 is 1.15 bits per heavy atom. The van der Waals surface area contributed by atoms with Crippen molar-refractivity contribution in [1.82, 2.24) is 0 Å². The lowest BCUT2D eigenvalue weighted by atomic mass is 10.2. The molecule has 0 saturated heterocycles. The fourth-order valence-corrected chi connectivity index (χ4v) is 3.31. The molecular weight excluding hydrogens is 282 g/mol. The molecule has 7 heteroatoms. The third-order valence-electron chi connectivity index (χ3n) is 2.86. The first-order valence-electron chi connectivity index (χ1n) is 6.97. The molecule has 0 aromatic rings. The standard InChI is InChI=1S/C13H25NO5S/c14-20(17,11-7-3-5-9-19-13-16)10-6-2-1-4-8-18-12-15/h12-14H,1-11H2. The average Bonchev–Trinajstić information content (AvgIpc) is 2.41. The van der Waals surface area contributed by atoms with Gasteiger partial charge in [0.25, 0.3) is 12.9 Å². The second kappa shape index (κ2) is 12.9. The third kappa shape index (κ3) is 13.3. The van der Waals surface area contributed by atoms with Crippen LogP contribution in [0, 0.1) is 4.78 Å². The normalized spacial score (nSPS) is 13.4. The van der Waals surface area contributed by atoms with Gasteiger partial charge in [0.2, 0.25) is 0 Å². The molecule has 6 nitrogen and oxygen atoms in total. The summed E-state index contributed by atoms with van der Waals surface area (Å²) in [7, 11) is -2.47. The molecule has 20 heavy (non-hydrogen) atoms. The van der Waals surface area contributed by atoms with Crippen molar-refractivity contribution in [3.05, 3.63) is 0 Å². The van der Waals surface area contributed by atoms with E-state index in [1.54, 1.807) is 0 Å². The van der Waals surface area contributed by atoms with Crippen molar-refractivity contribution in [2.45, 2.75) is 44.9 Å². The zero-order valence-electron chi connectivity index (χ0n) is 11.9. The summed E-state index contributed by atoms with van der Waals surface area (Å²) in [6.45, 7) is 1.69. The lowest BCUT2D eigenvalue weighted by molar-refractivity contribution is -0.129. The highest BCUT2D eigenvalue weighted by Gasteiger charge is 2.06. The number of ether oxygens (including phenoxy) is 2. The fourth-order valence-electron chi connectivity index (χ4n) is 1.77. The highest BCUT2D eigenvalue weighted by molar-refractivity contribution is 7.92. The minimum absolute atomic E-state index is 0.394. The molecule has 0 fully saturated rings. The Labute approximate surface area is 121 Å². The van der Waals surface area contributed by atoms with Crippen molar-refractivity contribution < 1.29 is 23.3 Å². The van der Waals surface area contributed by atoms with Crippen LogP contribution in [0.3, 0.4) is 0 Å². The van der Waals surface area contributed by atoms with Crippen molar-refractivity contribution >= 4 is 22.7 Å². The van der Waals surface area contributed by atoms with Crippen molar-refractivity contribution in [3.63, 3.8) is 0 Å². The molecule has 0 aliphatic rings. The number of carbonyl (C=O) groups excluding carboxylic acids is 2. The number of nitrogens with one attached hydrogen (secondary N) is 1. The maximum atomic E-state index is 11.9. The number of unbranched alkanes of at least 4 members (excludes halogenated alkanes) is 5. The highest BCUT2D eigenvalue weighted by Crippen LogP contribution is 2.07. The van der Waals surface area contributed by atoms with Crippen molar-refractivity contribution in [1.29, 1.82) is 4.78 Å². The zero-order chi connectivity index (χ0) is 15.1. The Morgan fingerprint density at radius 3 is 1.60 bits per heavy atom. The second-order valence-corrected chi connectivity index (χ2v) is 7.07. The topological polar surface area (TPSA) is 93.5 Å². The van der Waals surface area contributed by atoms with Gasteiger partial charge in [-0.3, -0.25) is 14.4 Å². The maximum Gasteiger partial charge on any atom is 0.293 e. The number of carbonyl (C=O) groups is 2. The Hall–Kier alpha value is -1.11. The van der Waals surface area contributed by atoms with Crippen LogP contribution >= 0.6 is 0 Å². The summed E-state index contributed by atoms with van der Waals surface area (Å²) in [4.78, 5) is 19.8. The summed E-state index contributed by atoms with van der Waals surface area (Å²) in [5.74, 6) is 0.856. The Balaban J connectivity index is 3.45. The fraction of sp³-hybridized carbons (Fsp3) is 0.846. The van der Waals surface area contributed by atoms with E-state index in [0.29, 0.717) is 37.7 Å². The van der Waals surface area contributed by atoms with Crippen molar-refractivity contribution in [2.24, 2.45) is 0 Å². The molecule has 1 N–H and O–H groups in total. The van der Waals surface area contributed by atoms with Crippen LogP contribution in [0.15, 0.2) is 0 Å². The van der Waals surface area contributed by atoms with Crippen LogP contribution in [0.5, 0.6) is 0 Å². The van der Waals surface area contributed by atoms with E-state index in [-0.39, 0.29) is 0 Å². The van der Waals surface area contributed by atoms with Gasteiger partial charge in [0.05, 0.1) is 13.2 Å². The molecular formula is C13H25NO5S. The molecule has 0 aromatic carbocycles. The first kappa shape index (κ1) is 18.9. The highest BCUT2D eigenvalue weighted by atomic mass is 32.2. The van der Waals surface area contributed by atoms with E-state index in [4.69, 9.17) is 4.78 Å². The molecule has 0 saturated carbocycles. The molecule has 0 spiro atoms. The van der Waals surface area contributed by atoms with Gasteiger partial charge in [0.15, 0.2) is 0 Å². The minimum Gasteiger partial charge on any atom is -0.468 e. The Kier molecular flexibility index (Phi) is 12.2. The van der Waals surface area contributed by atoms with Gasteiger partial charge in [-0.15, -0.1) is 0 Å². The SMILES string of the molecule is N=S(=O)(CCCCCCOC=O)CCCCCOC=O. The van der Waals surface area contributed by atoms with Crippen LogP contribution in [0.2, 0.25) is 0 Å². The van der Waals surface area contributed by atoms with E-state index < -0.39 is 9.73 Å². The molecule has 0 aliphatic heterocycles. The van der Waals surface area contributed by atoms with E-state index in [1.807, 2.05) is 0 Å². The average molecular weight is 307 g/mol. The first-order chi connectivity index (χ1) is 9.62. The number of hydrogen-bond acceptors (Lipinski definition) is 6. The molecule has 0 amide bonds. The zero-order valence-corrected chi connectivity index (χ0v) is 12.7. The summed E-state index contributed by atoms with van der Waals surface area (Å²) in [6, 6.07) is 0. The van der Waals surface area contributed by atoms with Crippen molar-refractivity contribution in [2.75, 3.05) is 24.7 Å². The van der Waals surface area contributed by atoms with E-state index in [9.17, 15) is 13.8 Å². The van der Waals surface area contributed by atoms with Crippen LogP contribution in [-0.4, -0.2) is 41.9 Å². The summed E-state index contributed by atoms with van der Waals surface area (Å²) in [5, 5.41) is 0. The van der Waals surface area contributed by atoms with Gasteiger partial charge in [-0.2, -0.15) is 0 Å². The van der Waals surface area contributed by atoms with Gasteiger partial charge < -0.3 is 9.47 Å². The van der Waals surface area contributed by atoms with Gasteiger partial charge in [0.1, 0.15) is 0 Å². The van der Waals surface area contributed by atoms with Crippen LogP contribution in [0.1, 0.15) is 44.9 Å². The monoisotopic (exact) mass is 307 g/mol. The molecule has 118 valence electrons. The van der Waals surface area contributed by atoms with E-state index >= 15 is 0 Å². The molecule has 0 heterocycles. The minimum atomic E-state index is -2.47. The molecule has 1 atom stereocenters. The van der Waals surface area contributed by atoms with Crippen molar-refractivity contribution in [3.8, 4) is 0 Å². The molecule has 0 rings (SSSR count). The van der Waals surface area contributed by atoms with Crippen LogP contribution in [0.25, 0.3) is 0 Å². The molecule has 0 bridgehead atoms. The lowest BCUT2D eigenvalue weighted by Crippen LogP contribution is -2.09. The molecule has 0 aliphatic carbocycles. The van der Waals surface area contributed by atoms with E-state index in [2.05, 4.69) is 9.47 Å². The summed E-state index contributed by atoms with van der Waals surface area (Å²) >= 11 is 0. The summed E-state index contributed by atoms with van der Waals surface area (Å²) in [6.07, 6.45) is 5.74. The lowest BCUT2D eigenvalue weighted by Gasteiger charge is -2.07. The van der Waals surface area contributed by atoms with E-state index in [1.165, 1.54) is 0 Å². The smallest absolute Gasteiger partial charge is 0.293 e. The van der Waals surface area contributed by atoms with Gasteiger partial charge in [-0.1, -0.05) is 12.8 Å². The summed E-state index contributed by atoms with van der Waals surface area (Å²) < 4.78 is 28.8. The number of hydrogen-bond donors (Lipinski definition) is 1. The second-order valence-electron chi connectivity index (χ2n) is 4.63. The van der Waals surface area contributed by atoms with Gasteiger partial charge in [-0.25, -0.2) is 4.21 Å². The molecule has 1 unspecified atom stereocenters. The largest absolute Gasteiger partial charge is 0.468 e. The van der Waals surface area contributed by atoms with E-state index in [0.717, 1.165) is 44.9 Å². The van der Waals surface area contributed by atoms with Crippen LogP contribution < -0.4 is 0 Å². The predicted octanol–water partition coefficient (Wildman–Crippen LogP) is 2.11. The van der Waals surface area contributed by atoms with Gasteiger partial charge in [-0.05, 0) is 32.1 Å². The summed E-state index contributed by atoms with van der Waals surface area (Å²) in [5.41, 5.74) is 0. The predicted molar refractivity (Wildman–Crippen MR) is 76.9 cm³/mol. The Bertz CT molecular complexity index is 343. The molecule has 0 aromatic heterocycles. The Morgan fingerprint density at radius 1 is 0.750 bits per heavy atom. The molecule has 0 radical (unpaired) electrons.